The Morgan fingerprint density at radius 2 is 1.58 bits per heavy atom. The Morgan fingerprint density at radius 3 is 2.19 bits per heavy atom. The van der Waals surface area contributed by atoms with Gasteiger partial charge in [-0.2, -0.15) is 0 Å². The molecular weight excluding hydrogens is 318 g/mol. The molecule has 0 fully saturated rings. The molecule has 0 heterocycles. The van der Waals surface area contributed by atoms with Gasteiger partial charge >= 0.3 is 0 Å². The minimum Gasteiger partial charge on any atom is -0.493 e. The van der Waals surface area contributed by atoms with E-state index >= 15 is 0 Å². The maximum absolute atomic E-state index is 6.03. The van der Waals surface area contributed by atoms with Crippen LogP contribution in [-0.4, -0.2) is 6.61 Å². The molecule has 0 saturated carbocycles. The van der Waals surface area contributed by atoms with Gasteiger partial charge < -0.3 is 10.1 Å². The minimum atomic E-state index is 0.200. The second kappa shape index (κ2) is 9.23. The van der Waals surface area contributed by atoms with Gasteiger partial charge in [0.1, 0.15) is 5.75 Å². The van der Waals surface area contributed by atoms with E-state index in [0.29, 0.717) is 5.92 Å². The summed E-state index contributed by atoms with van der Waals surface area (Å²) in [4.78, 5) is 0. The van der Waals surface area contributed by atoms with Crippen LogP contribution in [0.2, 0.25) is 0 Å². The van der Waals surface area contributed by atoms with Crippen molar-refractivity contribution in [2.75, 3.05) is 6.61 Å². The average Bonchev–Trinajstić information content (AvgIpc) is 2.59. The van der Waals surface area contributed by atoms with Crippen molar-refractivity contribution < 1.29 is 4.74 Å². The van der Waals surface area contributed by atoms with Crippen molar-refractivity contribution in [3.05, 3.63) is 65.2 Å². The molecule has 1 atom stereocenters. The molecule has 1 N–H and O–H groups in total. The summed E-state index contributed by atoms with van der Waals surface area (Å²) >= 11 is 0. The van der Waals surface area contributed by atoms with Gasteiger partial charge in [-0.1, -0.05) is 77.1 Å². The number of ether oxygens (including phenoxy) is 1. The lowest BCUT2D eigenvalue weighted by molar-refractivity contribution is 0.284. The third-order valence-corrected chi connectivity index (χ3v) is 4.77. The van der Waals surface area contributed by atoms with E-state index in [1.54, 1.807) is 0 Å². The lowest BCUT2D eigenvalue weighted by atomic mass is 9.87. The van der Waals surface area contributed by atoms with Crippen molar-refractivity contribution in [3.63, 3.8) is 0 Å². The highest BCUT2D eigenvalue weighted by atomic mass is 16.5. The summed E-state index contributed by atoms with van der Waals surface area (Å²) in [5.41, 5.74) is 4.11. The van der Waals surface area contributed by atoms with Crippen molar-refractivity contribution in [3.8, 4) is 5.75 Å². The molecular formula is C24H35NO. The van der Waals surface area contributed by atoms with Gasteiger partial charge in [-0.05, 0) is 41.9 Å². The van der Waals surface area contributed by atoms with Gasteiger partial charge in [-0.25, -0.2) is 0 Å². The highest BCUT2D eigenvalue weighted by molar-refractivity contribution is 5.36. The topological polar surface area (TPSA) is 21.3 Å². The van der Waals surface area contributed by atoms with Crippen LogP contribution in [0.1, 0.15) is 70.7 Å². The average molecular weight is 354 g/mol. The largest absolute Gasteiger partial charge is 0.493 e. The molecule has 26 heavy (non-hydrogen) atoms. The summed E-state index contributed by atoms with van der Waals surface area (Å²) in [5.74, 6) is 1.66. The van der Waals surface area contributed by atoms with E-state index in [1.807, 2.05) is 6.07 Å². The zero-order chi connectivity index (χ0) is 19.2. The second-order valence-electron chi connectivity index (χ2n) is 8.62. The number of rotatable bonds is 8. The second-order valence-corrected chi connectivity index (χ2v) is 8.62. The number of para-hydroxylation sites is 1. The highest BCUT2D eigenvalue weighted by Crippen LogP contribution is 2.26. The first-order valence-electron chi connectivity index (χ1n) is 9.82. The monoisotopic (exact) mass is 353 g/mol. The molecule has 0 aliphatic carbocycles. The quantitative estimate of drug-likeness (QED) is 0.605. The predicted octanol–water partition coefficient (Wildman–Crippen LogP) is 6.26. The van der Waals surface area contributed by atoms with Crippen LogP contribution in [-0.2, 0) is 12.0 Å². The zero-order valence-electron chi connectivity index (χ0n) is 17.3. The Kier molecular flexibility index (Phi) is 7.28. The maximum atomic E-state index is 6.03. The molecule has 1 unspecified atom stereocenters. The molecule has 0 amide bonds. The molecule has 2 aromatic carbocycles. The SMILES string of the molecule is CC(C)CCOc1ccccc1C(C)NCc1ccc(C(C)(C)C)cc1. The van der Waals surface area contributed by atoms with Crippen LogP contribution >= 0.6 is 0 Å². The Balaban J connectivity index is 1.96. The third-order valence-electron chi connectivity index (χ3n) is 4.77. The van der Waals surface area contributed by atoms with Gasteiger partial charge in [0.2, 0.25) is 0 Å². The first kappa shape index (κ1) is 20.5. The Labute approximate surface area is 160 Å². The van der Waals surface area contributed by atoms with E-state index in [4.69, 9.17) is 4.74 Å². The van der Waals surface area contributed by atoms with Crippen molar-refractivity contribution in [2.45, 2.75) is 66.0 Å². The van der Waals surface area contributed by atoms with E-state index in [-0.39, 0.29) is 11.5 Å². The number of benzene rings is 2. The number of hydrogen-bond acceptors (Lipinski definition) is 2. The number of nitrogens with one attached hydrogen (secondary N) is 1. The van der Waals surface area contributed by atoms with Gasteiger partial charge in [-0.3, -0.25) is 0 Å². The summed E-state index contributed by atoms with van der Waals surface area (Å²) in [6.07, 6.45) is 1.08. The van der Waals surface area contributed by atoms with Crippen molar-refractivity contribution >= 4 is 0 Å². The van der Waals surface area contributed by atoms with Gasteiger partial charge in [0.05, 0.1) is 6.61 Å². The van der Waals surface area contributed by atoms with Crippen LogP contribution in [0.3, 0.4) is 0 Å². The fraction of sp³-hybridized carbons (Fsp3) is 0.500. The van der Waals surface area contributed by atoms with E-state index in [1.165, 1.54) is 16.7 Å². The summed E-state index contributed by atoms with van der Waals surface area (Å²) in [5, 5.41) is 3.63. The van der Waals surface area contributed by atoms with Gasteiger partial charge in [0.15, 0.2) is 0 Å². The van der Waals surface area contributed by atoms with Crippen LogP contribution in [0.4, 0.5) is 0 Å². The van der Waals surface area contributed by atoms with E-state index in [2.05, 4.69) is 89.3 Å². The normalized spacial score (nSPS) is 13.0. The van der Waals surface area contributed by atoms with Crippen LogP contribution < -0.4 is 10.1 Å². The van der Waals surface area contributed by atoms with Crippen LogP contribution in [0, 0.1) is 5.92 Å². The third kappa shape index (κ3) is 6.17. The lowest BCUT2D eigenvalue weighted by Gasteiger charge is -2.20. The molecule has 0 radical (unpaired) electrons. The first-order valence-corrected chi connectivity index (χ1v) is 9.82. The molecule has 0 aliphatic rings. The first-order chi connectivity index (χ1) is 12.3. The highest BCUT2D eigenvalue weighted by Gasteiger charge is 2.14. The lowest BCUT2D eigenvalue weighted by Crippen LogP contribution is -2.19. The Bertz CT molecular complexity index is 667. The smallest absolute Gasteiger partial charge is 0.124 e. The number of hydrogen-bond donors (Lipinski definition) is 1. The molecule has 142 valence electrons. The molecule has 2 heteroatoms. The molecule has 0 spiro atoms. The molecule has 2 nitrogen and oxygen atoms in total. The predicted molar refractivity (Wildman–Crippen MR) is 112 cm³/mol. The summed E-state index contributed by atoms with van der Waals surface area (Å²) in [6, 6.07) is 17.5. The summed E-state index contributed by atoms with van der Waals surface area (Å²) < 4.78 is 6.03. The summed E-state index contributed by atoms with van der Waals surface area (Å²) in [6.45, 7) is 15.0. The fourth-order valence-electron chi connectivity index (χ4n) is 2.88. The Hall–Kier alpha value is -1.80. The maximum Gasteiger partial charge on any atom is 0.124 e. The molecule has 0 aromatic heterocycles. The van der Waals surface area contributed by atoms with Crippen molar-refractivity contribution in [2.24, 2.45) is 5.92 Å². The van der Waals surface area contributed by atoms with Crippen molar-refractivity contribution in [1.82, 2.24) is 5.32 Å². The van der Waals surface area contributed by atoms with Gasteiger partial charge in [0.25, 0.3) is 0 Å². The standard InChI is InChI=1S/C24H35NO/c1-18(2)15-16-26-23-10-8-7-9-22(23)19(3)25-17-20-11-13-21(14-12-20)24(4,5)6/h7-14,18-19,25H,15-17H2,1-6H3. The van der Waals surface area contributed by atoms with Crippen LogP contribution in [0.15, 0.2) is 48.5 Å². The van der Waals surface area contributed by atoms with Crippen LogP contribution in [0.25, 0.3) is 0 Å². The van der Waals surface area contributed by atoms with E-state index < -0.39 is 0 Å². The van der Waals surface area contributed by atoms with Gasteiger partial charge in [-0.15, -0.1) is 0 Å². The molecule has 2 rings (SSSR count). The molecule has 0 aliphatic heterocycles. The van der Waals surface area contributed by atoms with Crippen molar-refractivity contribution in [1.29, 1.82) is 0 Å². The molecule has 0 bridgehead atoms. The van der Waals surface area contributed by atoms with E-state index in [9.17, 15) is 0 Å². The Morgan fingerprint density at radius 1 is 0.923 bits per heavy atom. The minimum absolute atomic E-state index is 0.200. The fourth-order valence-corrected chi connectivity index (χ4v) is 2.88. The molecule has 0 saturated heterocycles. The molecule has 2 aromatic rings. The van der Waals surface area contributed by atoms with Gasteiger partial charge in [0, 0.05) is 18.2 Å². The summed E-state index contributed by atoms with van der Waals surface area (Å²) in [7, 11) is 0. The van der Waals surface area contributed by atoms with Crippen LogP contribution in [0.5, 0.6) is 5.75 Å². The van der Waals surface area contributed by atoms with E-state index in [0.717, 1.165) is 25.3 Å². The zero-order valence-corrected chi connectivity index (χ0v) is 17.3.